The first kappa shape index (κ1) is 20.0. The predicted octanol–water partition coefficient (Wildman–Crippen LogP) is 4.36. The molecule has 1 aliphatic carbocycles. The first-order chi connectivity index (χ1) is 12.8. The molecule has 0 heterocycles. The van der Waals surface area contributed by atoms with Gasteiger partial charge in [-0.2, -0.15) is 0 Å². The van der Waals surface area contributed by atoms with Crippen molar-refractivity contribution in [1.82, 2.24) is 0 Å². The average molecular weight is 427 g/mol. The van der Waals surface area contributed by atoms with Gasteiger partial charge in [-0.1, -0.05) is 0 Å². The molecule has 0 saturated carbocycles. The van der Waals surface area contributed by atoms with E-state index < -0.39 is 0 Å². The van der Waals surface area contributed by atoms with Crippen molar-refractivity contribution in [2.45, 2.75) is 51.4 Å². The van der Waals surface area contributed by atoms with Gasteiger partial charge in [0.1, 0.15) is 0 Å². The molecule has 27 heavy (non-hydrogen) atoms. The van der Waals surface area contributed by atoms with Gasteiger partial charge < -0.3 is 0 Å². The van der Waals surface area contributed by atoms with E-state index in [0.29, 0.717) is 0 Å². The summed E-state index contributed by atoms with van der Waals surface area (Å²) in [6.45, 7) is 9.74. The van der Waals surface area contributed by atoms with Crippen LogP contribution in [0.3, 0.4) is 0 Å². The molecule has 3 rings (SSSR count). The van der Waals surface area contributed by atoms with Gasteiger partial charge in [0.25, 0.3) is 0 Å². The third kappa shape index (κ3) is 4.77. The number of benzene rings is 2. The number of ether oxygens (including phenoxy) is 2. The van der Waals surface area contributed by atoms with Crippen LogP contribution in [0, 0.1) is 10.7 Å². The number of hydrogen-bond donors (Lipinski definition) is 0. The Morgan fingerprint density at radius 2 is 1.59 bits per heavy atom. The minimum atomic E-state index is 0.151. The predicted molar refractivity (Wildman–Crippen MR) is 113 cm³/mol. The second-order valence-corrected chi connectivity index (χ2v) is 10.2. The Morgan fingerprint density at radius 3 is 2.26 bits per heavy atom. The van der Waals surface area contributed by atoms with E-state index in [1.54, 1.807) is 7.11 Å². The fourth-order valence-electron chi connectivity index (χ4n) is 3.54. The molecular weight excluding hydrogens is 399 g/mol. The molecule has 0 bridgehead atoms. The molecular formula is C24H28O2Se. The summed E-state index contributed by atoms with van der Waals surface area (Å²) >= 11 is 0.151. The third-order valence-electron chi connectivity index (χ3n) is 5.39. The summed E-state index contributed by atoms with van der Waals surface area (Å²) in [6, 6.07) is 14.9. The number of hydrogen-bond acceptors (Lipinski definition) is 2. The molecule has 0 atom stereocenters. The minimum absolute atomic E-state index is 0.151. The summed E-state index contributed by atoms with van der Waals surface area (Å²) in [5.74, 6) is 4.08. The molecule has 0 spiro atoms. The van der Waals surface area contributed by atoms with Crippen LogP contribution in [-0.2, 0) is 15.6 Å². The first-order valence-corrected chi connectivity index (χ1v) is 11.1. The molecule has 0 radical (unpaired) electrons. The van der Waals surface area contributed by atoms with Crippen LogP contribution in [0.15, 0.2) is 42.5 Å². The number of methoxy groups -OCH3 is 1. The quantitative estimate of drug-likeness (QED) is 0.410. The van der Waals surface area contributed by atoms with E-state index in [1.165, 1.54) is 28.4 Å². The van der Waals surface area contributed by atoms with Crippen molar-refractivity contribution in [3.05, 3.63) is 59.2 Å². The SMILES string of the molecule is COCOc1ccc(C#C[Se]c2ccc3c(c2)C(C)(C)CCC3(C)C)cc1. The molecule has 1 aliphatic rings. The monoisotopic (exact) mass is 428 g/mol. The van der Waals surface area contributed by atoms with Crippen LogP contribution in [0.1, 0.15) is 57.2 Å². The summed E-state index contributed by atoms with van der Waals surface area (Å²) in [7, 11) is 1.62. The Morgan fingerprint density at radius 1 is 0.926 bits per heavy atom. The molecule has 2 aromatic rings. The van der Waals surface area contributed by atoms with Gasteiger partial charge in [-0.05, 0) is 0 Å². The van der Waals surface area contributed by atoms with Crippen molar-refractivity contribution in [3.8, 4) is 16.5 Å². The van der Waals surface area contributed by atoms with Crippen molar-refractivity contribution in [3.63, 3.8) is 0 Å². The van der Waals surface area contributed by atoms with Crippen LogP contribution >= 0.6 is 0 Å². The third-order valence-corrected chi connectivity index (χ3v) is 6.84. The van der Waals surface area contributed by atoms with Gasteiger partial charge in [-0.3, -0.25) is 0 Å². The molecule has 0 saturated heterocycles. The second-order valence-electron chi connectivity index (χ2n) is 8.38. The van der Waals surface area contributed by atoms with Gasteiger partial charge in [-0.15, -0.1) is 0 Å². The van der Waals surface area contributed by atoms with E-state index in [2.05, 4.69) is 56.6 Å². The van der Waals surface area contributed by atoms with Gasteiger partial charge in [-0.25, -0.2) is 0 Å². The van der Waals surface area contributed by atoms with E-state index >= 15 is 0 Å². The molecule has 0 aromatic heterocycles. The van der Waals surface area contributed by atoms with Crippen molar-refractivity contribution in [2.24, 2.45) is 0 Å². The van der Waals surface area contributed by atoms with Gasteiger partial charge in [0, 0.05) is 0 Å². The van der Waals surface area contributed by atoms with Crippen LogP contribution in [0.2, 0.25) is 0 Å². The molecule has 3 heteroatoms. The maximum absolute atomic E-state index is 5.41. The van der Waals surface area contributed by atoms with Crippen molar-refractivity contribution < 1.29 is 9.47 Å². The summed E-state index contributed by atoms with van der Waals surface area (Å²) in [5, 5.41) is 0. The fourth-order valence-corrected chi connectivity index (χ4v) is 4.79. The summed E-state index contributed by atoms with van der Waals surface area (Å²) in [4.78, 5) is 3.38. The maximum atomic E-state index is 5.41. The van der Waals surface area contributed by atoms with Gasteiger partial charge in [0.15, 0.2) is 0 Å². The topological polar surface area (TPSA) is 18.5 Å². The normalized spacial score (nSPS) is 16.8. The van der Waals surface area contributed by atoms with Crippen molar-refractivity contribution in [2.75, 3.05) is 13.9 Å². The van der Waals surface area contributed by atoms with E-state index in [0.717, 1.165) is 11.3 Å². The molecule has 0 aliphatic heterocycles. The van der Waals surface area contributed by atoms with E-state index in [9.17, 15) is 0 Å². The summed E-state index contributed by atoms with van der Waals surface area (Å²) in [6.07, 6.45) is 2.49. The van der Waals surface area contributed by atoms with Gasteiger partial charge in [0.05, 0.1) is 0 Å². The van der Waals surface area contributed by atoms with E-state index in [4.69, 9.17) is 9.47 Å². The number of rotatable bonds is 4. The molecule has 0 N–H and O–H groups in total. The Hall–Kier alpha value is -1.72. The first-order valence-electron chi connectivity index (χ1n) is 9.36. The number of fused-ring (bicyclic) bond motifs is 1. The average Bonchev–Trinajstić information content (AvgIpc) is 2.65. The van der Waals surface area contributed by atoms with Crippen molar-refractivity contribution in [1.29, 1.82) is 0 Å². The zero-order chi connectivity index (χ0) is 19.5. The fraction of sp³-hybridized carbons (Fsp3) is 0.417. The molecule has 2 aromatic carbocycles. The zero-order valence-corrected chi connectivity index (χ0v) is 18.6. The Kier molecular flexibility index (Phi) is 6.01. The van der Waals surface area contributed by atoms with Crippen LogP contribution in [0.5, 0.6) is 5.75 Å². The molecule has 142 valence electrons. The Bertz CT molecular complexity index is 854. The molecule has 2 nitrogen and oxygen atoms in total. The van der Waals surface area contributed by atoms with Crippen LogP contribution < -0.4 is 9.20 Å². The van der Waals surface area contributed by atoms with Gasteiger partial charge >= 0.3 is 170 Å². The molecule has 0 fully saturated rings. The Balaban J connectivity index is 1.74. The van der Waals surface area contributed by atoms with Crippen LogP contribution in [0.4, 0.5) is 0 Å². The zero-order valence-electron chi connectivity index (χ0n) is 16.9. The Labute approximate surface area is 169 Å². The molecule has 0 unspecified atom stereocenters. The van der Waals surface area contributed by atoms with E-state index in [-0.39, 0.29) is 32.6 Å². The summed E-state index contributed by atoms with van der Waals surface area (Å²) < 4.78 is 11.7. The summed E-state index contributed by atoms with van der Waals surface area (Å²) in [5.41, 5.74) is 4.57. The van der Waals surface area contributed by atoms with Gasteiger partial charge in [0.2, 0.25) is 0 Å². The molecule has 0 amide bonds. The van der Waals surface area contributed by atoms with Crippen molar-refractivity contribution >= 4 is 19.4 Å². The standard InChI is InChI=1S/C24H28O2Se/c1-23(2)13-14-24(3,4)22-16-20(10-11-21(22)23)27-15-12-18-6-8-19(9-7-18)26-17-25-5/h6-11,16H,13-14,17H2,1-5H3. The second kappa shape index (κ2) is 8.11. The van der Waals surface area contributed by atoms with Crippen LogP contribution in [0.25, 0.3) is 0 Å². The van der Waals surface area contributed by atoms with E-state index in [1.807, 2.05) is 24.3 Å². The van der Waals surface area contributed by atoms with Crippen LogP contribution in [-0.4, -0.2) is 28.9 Å².